The molecule has 0 saturated heterocycles. The molecule has 1 heterocycles. The highest BCUT2D eigenvalue weighted by Crippen LogP contribution is 2.34. The van der Waals surface area contributed by atoms with Crippen LogP contribution in [0.5, 0.6) is 5.75 Å². The number of halogens is 1. The van der Waals surface area contributed by atoms with Crippen LogP contribution in [0.3, 0.4) is 0 Å². The zero-order valence-electron chi connectivity index (χ0n) is 16.4. The van der Waals surface area contributed by atoms with E-state index < -0.39 is 5.97 Å². The molecule has 0 amide bonds. The third kappa shape index (κ3) is 4.09. The largest absolute Gasteiger partial charge is 0.488 e. The molecule has 1 N–H and O–H groups in total. The molecule has 1 aromatic heterocycles. The van der Waals surface area contributed by atoms with Crippen LogP contribution in [0.15, 0.2) is 84.9 Å². The average molecular weight is 418 g/mol. The van der Waals surface area contributed by atoms with Gasteiger partial charge in [-0.15, -0.1) is 0 Å². The van der Waals surface area contributed by atoms with Crippen molar-refractivity contribution in [1.82, 2.24) is 4.57 Å². The minimum atomic E-state index is -0.949. The predicted molar refractivity (Wildman–Crippen MR) is 119 cm³/mol. The average Bonchev–Trinajstić information content (AvgIpc) is 3.15. The van der Waals surface area contributed by atoms with Gasteiger partial charge < -0.3 is 14.4 Å². The Bertz CT molecular complexity index is 1200. The van der Waals surface area contributed by atoms with Gasteiger partial charge in [0.1, 0.15) is 12.4 Å². The highest BCUT2D eigenvalue weighted by molar-refractivity contribution is 6.30. The van der Waals surface area contributed by atoms with Gasteiger partial charge in [0.2, 0.25) is 0 Å². The Balaban J connectivity index is 1.71. The van der Waals surface area contributed by atoms with Crippen LogP contribution in [0, 0.1) is 6.92 Å². The maximum absolute atomic E-state index is 11.4. The minimum absolute atomic E-state index is 0.249. The van der Waals surface area contributed by atoms with Crippen molar-refractivity contribution < 1.29 is 14.6 Å². The normalized spacial score (nSPS) is 10.7. The molecule has 0 unspecified atom stereocenters. The second-order valence-corrected chi connectivity index (χ2v) is 7.40. The second kappa shape index (κ2) is 8.47. The summed E-state index contributed by atoms with van der Waals surface area (Å²) in [7, 11) is 0. The van der Waals surface area contributed by atoms with Crippen molar-refractivity contribution in [2.45, 2.75) is 13.5 Å². The van der Waals surface area contributed by atoms with Gasteiger partial charge in [0.05, 0.1) is 11.3 Å². The first-order valence-corrected chi connectivity index (χ1v) is 9.89. The van der Waals surface area contributed by atoms with E-state index in [1.165, 1.54) is 0 Å². The quantitative estimate of drug-likeness (QED) is 0.395. The summed E-state index contributed by atoms with van der Waals surface area (Å²) in [6.45, 7) is 2.41. The smallest absolute Gasteiger partial charge is 0.335 e. The molecule has 0 aliphatic carbocycles. The van der Waals surface area contributed by atoms with Crippen LogP contribution in [0.4, 0.5) is 0 Å². The Kier molecular flexibility index (Phi) is 5.59. The third-order valence-corrected chi connectivity index (χ3v) is 5.15. The number of rotatable bonds is 6. The van der Waals surface area contributed by atoms with Crippen LogP contribution in [-0.2, 0) is 6.61 Å². The lowest BCUT2D eigenvalue weighted by Gasteiger charge is -2.16. The van der Waals surface area contributed by atoms with Crippen LogP contribution in [0.25, 0.3) is 16.9 Å². The Morgan fingerprint density at radius 1 is 0.967 bits per heavy atom. The molecule has 0 bridgehead atoms. The van der Waals surface area contributed by atoms with Crippen LogP contribution < -0.4 is 4.74 Å². The lowest BCUT2D eigenvalue weighted by atomic mass is 10.1. The molecule has 0 atom stereocenters. The Hall–Kier alpha value is -3.50. The molecule has 0 radical (unpaired) electrons. The van der Waals surface area contributed by atoms with Gasteiger partial charge in [-0.1, -0.05) is 41.9 Å². The van der Waals surface area contributed by atoms with E-state index in [1.54, 1.807) is 18.2 Å². The SMILES string of the molecule is Cc1ccc(-c2ccccc2OCc2ccc(Cl)cc2)n1-c1cccc(C(=O)O)c1. The van der Waals surface area contributed by atoms with Crippen molar-refractivity contribution in [3.05, 3.63) is 107 Å². The van der Waals surface area contributed by atoms with Crippen LogP contribution in [0.1, 0.15) is 21.6 Å². The van der Waals surface area contributed by atoms with E-state index in [2.05, 4.69) is 0 Å². The summed E-state index contributed by atoms with van der Waals surface area (Å²) in [6.07, 6.45) is 0. The number of aromatic carboxylic acids is 1. The Labute approximate surface area is 179 Å². The van der Waals surface area contributed by atoms with Crippen molar-refractivity contribution >= 4 is 17.6 Å². The molecule has 0 spiro atoms. The first kappa shape index (κ1) is 19.8. The Morgan fingerprint density at radius 2 is 1.73 bits per heavy atom. The number of hydrogen-bond acceptors (Lipinski definition) is 2. The summed E-state index contributed by atoms with van der Waals surface area (Å²) in [5.74, 6) is -0.198. The van der Waals surface area contributed by atoms with Crippen molar-refractivity contribution in [1.29, 1.82) is 0 Å². The minimum Gasteiger partial charge on any atom is -0.488 e. The van der Waals surface area contributed by atoms with Gasteiger partial charge in [-0.2, -0.15) is 0 Å². The number of carboxylic acid groups (broad SMARTS) is 1. The molecular formula is C25H20ClNO3. The lowest BCUT2D eigenvalue weighted by molar-refractivity contribution is 0.0697. The van der Waals surface area contributed by atoms with E-state index in [4.69, 9.17) is 16.3 Å². The summed E-state index contributed by atoms with van der Waals surface area (Å²) in [4.78, 5) is 11.4. The highest BCUT2D eigenvalue weighted by atomic mass is 35.5. The first-order valence-electron chi connectivity index (χ1n) is 9.51. The van der Waals surface area contributed by atoms with Crippen molar-refractivity contribution in [2.24, 2.45) is 0 Å². The van der Waals surface area contributed by atoms with Gasteiger partial charge in [-0.3, -0.25) is 0 Å². The van der Waals surface area contributed by atoms with E-state index in [1.807, 2.05) is 78.2 Å². The fourth-order valence-electron chi connectivity index (χ4n) is 3.42. The summed E-state index contributed by atoms with van der Waals surface area (Å²) >= 11 is 5.96. The lowest BCUT2D eigenvalue weighted by Crippen LogP contribution is -2.03. The maximum atomic E-state index is 11.4. The van der Waals surface area contributed by atoms with E-state index in [0.717, 1.165) is 34.0 Å². The number of aromatic nitrogens is 1. The highest BCUT2D eigenvalue weighted by Gasteiger charge is 2.15. The second-order valence-electron chi connectivity index (χ2n) is 6.96. The number of carbonyl (C=O) groups is 1. The van der Waals surface area contributed by atoms with Gasteiger partial charge in [-0.05, 0) is 67.1 Å². The molecule has 0 saturated carbocycles. The standard InChI is InChI=1S/C25H20ClNO3/c1-17-9-14-23(27(17)21-6-4-5-19(15-21)25(28)29)22-7-2-3-8-24(22)30-16-18-10-12-20(26)13-11-18/h2-15H,16H2,1H3,(H,28,29). The molecule has 4 nitrogen and oxygen atoms in total. The zero-order valence-corrected chi connectivity index (χ0v) is 17.1. The van der Waals surface area contributed by atoms with Crippen molar-refractivity contribution in [3.8, 4) is 22.7 Å². The van der Waals surface area contributed by atoms with Crippen molar-refractivity contribution in [3.63, 3.8) is 0 Å². The number of benzene rings is 3. The molecule has 150 valence electrons. The Morgan fingerprint density at radius 3 is 2.50 bits per heavy atom. The number of carboxylic acids is 1. The molecular weight excluding hydrogens is 398 g/mol. The number of nitrogens with zero attached hydrogens (tertiary/aromatic N) is 1. The number of para-hydroxylation sites is 1. The third-order valence-electron chi connectivity index (χ3n) is 4.90. The molecule has 3 aromatic carbocycles. The van der Waals surface area contributed by atoms with Crippen LogP contribution in [0.2, 0.25) is 5.02 Å². The predicted octanol–water partition coefficient (Wildman–Crippen LogP) is 6.38. The number of hydrogen-bond donors (Lipinski definition) is 1. The number of ether oxygens (including phenoxy) is 1. The molecule has 0 fully saturated rings. The van der Waals surface area contributed by atoms with E-state index in [9.17, 15) is 9.90 Å². The number of aryl methyl sites for hydroxylation is 1. The van der Waals surface area contributed by atoms with E-state index in [0.29, 0.717) is 11.6 Å². The van der Waals surface area contributed by atoms with Gasteiger partial charge in [0, 0.05) is 22.0 Å². The maximum Gasteiger partial charge on any atom is 0.335 e. The summed E-state index contributed by atoms with van der Waals surface area (Å²) in [6, 6.07) is 26.4. The molecule has 30 heavy (non-hydrogen) atoms. The summed E-state index contributed by atoms with van der Waals surface area (Å²) < 4.78 is 8.17. The molecule has 4 rings (SSSR count). The van der Waals surface area contributed by atoms with Crippen LogP contribution in [-0.4, -0.2) is 15.6 Å². The van der Waals surface area contributed by atoms with E-state index in [-0.39, 0.29) is 5.56 Å². The summed E-state index contributed by atoms with van der Waals surface area (Å²) in [5, 5.41) is 10.1. The van der Waals surface area contributed by atoms with Gasteiger partial charge in [0.15, 0.2) is 0 Å². The molecule has 4 aromatic rings. The molecule has 0 aliphatic rings. The van der Waals surface area contributed by atoms with Gasteiger partial charge >= 0.3 is 5.97 Å². The summed E-state index contributed by atoms with van der Waals surface area (Å²) in [5.41, 5.74) is 4.93. The zero-order chi connectivity index (χ0) is 21.1. The van der Waals surface area contributed by atoms with E-state index >= 15 is 0 Å². The fraction of sp³-hybridized carbons (Fsp3) is 0.0800. The first-order chi connectivity index (χ1) is 14.5. The topological polar surface area (TPSA) is 51.5 Å². The monoisotopic (exact) mass is 417 g/mol. The van der Waals surface area contributed by atoms with Gasteiger partial charge in [0.25, 0.3) is 0 Å². The van der Waals surface area contributed by atoms with Gasteiger partial charge in [-0.25, -0.2) is 4.79 Å². The molecule has 5 heteroatoms. The van der Waals surface area contributed by atoms with Crippen LogP contribution >= 0.6 is 11.6 Å². The fourth-order valence-corrected chi connectivity index (χ4v) is 3.54. The van der Waals surface area contributed by atoms with Crippen molar-refractivity contribution in [2.75, 3.05) is 0 Å². The molecule has 0 aliphatic heterocycles.